The predicted molar refractivity (Wildman–Crippen MR) is 91.6 cm³/mol. The first-order valence-corrected chi connectivity index (χ1v) is 7.85. The predicted octanol–water partition coefficient (Wildman–Crippen LogP) is 2.50. The van der Waals surface area contributed by atoms with Crippen LogP contribution in [0.25, 0.3) is 0 Å². The summed E-state index contributed by atoms with van der Waals surface area (Å²) >= 11 is 11.7. The van der Waals surface area contributed by atoms with Gasteiger partial charge in [-0.25, -0.2) is 0 Å². The van der Waals surface area contributed by atoms with Gasteiger partial charge < -0.3 is 15.4 Å². The molecule has 0 fully saturated rings. The van der Waals surface area contributed by atoms with Crippen molar-refractivity contribution in [1.29, 1.82) is 0 Å². The van der Waals surface area contributed by atoms with Crippen molar-refractivity contribution < 1.29 is 22.4 Å². The van der Waals surface area contributed by atoms with E-state index in [-0.39, 0.29) is 27.9 Å². The zero-order valence-corrected chi connectivity index (χ0v) is 14.4. The van der Waals surface area contributed by atoms with E-state index in [1.165, 1.54) is 18.2 Å². The molecule has 0 saturated heterocycles. The standard InChI is InChI=1S/C15H20BCl2NO4/c1-9(2)7-14(16(22)23)19-15(21)6-5-13(20)11-8-10(17)3-4-12(11)18/h3-4,8-9,14,22-23H,5-7H2,1-2H3,(H,19,21)/i6D2. The van der Waals surface area contributed by atoms with E-state index in [4.69, 9.17) is 25.9 Å². The Morgan fingerprint density at radius 1 is 1.35 bits per heavy atom. The average molecular weight is 362 g/mol. The van der Waals surface area contributed by atoms with Crippen LogP contribution in [0.2, 0.25) is 10.0 Å². The maximum absolute atomic E-state index is 12.3. The third-order valence-electron chi connectivity index (χ3n) is 3.04. The average Bonchev–Trinajstić information content (AvgIpc) is 2.47. The number of benzene rings is 1. The Labute approximate surface area is 148 Å². The maximum atomic E-state index is 12.3. The second kappa shape index (κ2) is 9.28. The van der Waals surface area contributed by atoms with Crippen molar-refractivity contribution in [2.75, 3.05) is 0 Å². The van der Waals surface area contributed by atoms with E-state index in [2.05, 4.69) is 5.32 Å². The molecule has 1 aromatic rings. The number of Topliss-reactive ketones (excluding diaryl/α,β-unsaturated/α-hetero) is 1. The number of rotatable bonds is 8. The van der Waals surface area contributed by atoms with Crippen molar-refractivity contribution in [1.82, 2.24) is 5.32 Å². The molecular weight excluding hydrogens is 340 g/mol. The highest BCUT2D eigenvalue weighted by atomic mass is 35.5. The zero-order chi connectivity index (χ0) is 19.4. The molecule has 0 bridgehead atoms. The summed E-state index contributed by atoms with van der Waals surface area (Å²) in [6.45, 7) is 3.64. The van der Waals surface area contributed by atoms with Crippen LogP contribution < -0.4 is 5.32 Å². The number of hydrogen-bond acceptors (Lipinski definition) is 4. The van der Waals surface area contributed by atoms with Gasteiger partial charge in [-0.05, 0) is 30.5 Å². The van der Waals surface area contributed by atoms with E-state index in [0.717, 1.165) is 0 Å². The summed E-state index contributed by atoms with van der Waals surface area (Å²) < 4.78 is 15.7. The minimum Gasteiger partial charge on any atom is -0.426 e. The smallest absolute Gasteiger partial charge is 0.426 e. The quantitative estimate of drug-likeness (QED) is 0.490. The number of ketones is 1. The first kappa shape index (κ1) is 16.8. The number of nitrogens with one attached hydrogen (secondary N) is 1. The van der Waals surface area contributed by atoms with Crippen LogP contribution in [0.4, 0.5) is 0 Å². The molecular formula is C15H20BCl2NO4. The fraction of sp³-hybridized carbons (Fsp3) is 0.467. The fourth-order valence-electron chi connectivity index (χ4n) is 1.95. The molecule has 1 amide bonds. The van der Waals surface area contributed by atoms with Crippen molar-refractivity contribution in [2.45, 2.75) is 39.0 Å². The van der Waals surface area contributed by atoms with Crippen LogP contribution in [0.5, 0.6) is 0 Å². The first-order valence-electron chi connectivity index (χ1n) is 8.09. The maximum Gasteiger partial charge on any atom is 0.475 e. The van der Waals surface area contributed by atoms with Crippen molar-refractivity contribution in [3.63, 3.8) is 0 Å². The molecule has 8 heteroatoms. The second-order valence-corrected chi connectivity index (χ2v) is 6.37. The van der Waals surface area contributed by atoms with Crippen molar-refractivity contribution in [3.8, 4) is 0 Å². The van der Waals surface area contributed by atoms with Gasteiger partial charge in [0.2, 0.25) is 5.91 Å². The normalized spacial score (nSPS) is 14.0. The monoisotopic (exact) mass is 361 g/mol. The molecule has 5 nitrogen and oxygen atoms in total. The Morgan fingerprint density at radius 3 is 2.57 bits per heavy atom. The van der Waals surface area contributed by atoms with E-state index in [9.17, 15) is 19.6 Å². The van der Waals surface area contributed by atoms with Gasteiger partial charge in [0.25, 0.3) is 0 Å². The SMILES string of the molecule is [2H]C([2H])(CC(=O)c1cc(Cl)ccc1Cl)C(=O)NC(CC(C)C)B(O)O. The number of carbonyl (C=O) groups is 2. The Bertz CT molecular complexity index is 644. The second-order valence-electron chi connectivity index (χ2n) is 5.52. The molecule has 23 heavy (non-hydrogen) atoms. The molecule has 0 radical (unpaired) electrons. The number of hydrogen-bond donors (Lipinski definition) is 3. The van der Waals surface area contributed by atoms with E-state index in [0.29, 0.717) is 0 Å². The fourth-order valence-corrected chi connectivity index (χ4v) is 2.34. The Kier molecular flexibility index (Phi) is 6.76. The van der Waals surface area contributed by atoms with Gasteiger partial charge in [0.1, 0.15) is 0 Å². The Morgan fingerprint density at radius 2 is 2.00 bits per heavy atom. The van der Waals surface area contributed by atoms with Gasteiger partial charge in [0, 0.05) is 26.1 Å². The molecule has 1 atom stereocenters. The summed E-state index contributed by atoms with van der Waals surface area (Å²) in [7, 11) is -1.83. The summed E-state index contributed by atoms with van der Waals surface area (Å²) in [5.41, 5.74) is 0.0202. The summed E-state index contributed by atoms with van der Waals surface area (Å²) in [4.78, 5) is 24.4. The molecule has 0 aliphatic rings. The molecule has 0 aromatic heterocycles. The Balaban J connectivity index is 2.86. The number of amides is 1. The minimum atomic E-state index is -2.55. The highest BCUT2D eigenvalue weighted by Gasteiger charge is 2.26. The van der Waals surface area contributed by atoms with Gasteiger partial charge in [-0.3, -0.25) is 9.59 Å². The highest BCUT2D eigenvalue weighted by molar-refractivity contribution is 6.43. The molecule has 0 heterocycles. The number of halogens is 2. The van der Waals surface area contributed by atoms with Gasteiger partial charge >= 0.3 is 7.12 Å². The van der Waals surface area contributed by atoms with Crippen LogP contribution in [-0.4, -0.2) is 34.8 Å². The summed E-state index contributed by atoms with van der Waals surface area (Å²) in [6.07, 6.45) is -3.06. The molecule has 1 unspecified atom stereocenters. The lowest BCUT2D eigenvalue weighted by Gasteiger charge is -2.19. The van der Waals surface area contributed by atoms with Gasteiger partial charge in [0.05, 0.1) is 11.0 Å². The van der Waals surface area contributed by atoms with Crippen LogP contribution in [0.15, 0.2) is 18.2 Å². The van der Waals surface area contributed by atoms with Crippen LogP contribution in [-0.2, 0) is 4.79 Å². The molecule has 0 aliphatic heterocycles. The lowest BCUT2D eigenvalue weighted by Crippen LogP contribution is -2.47. The van der Waals surface area contributed by atoms with E-state index >= 15 is 0 Å². The highest BCUT2D eigenvalue weighted by Crippen LogP contribution is 2.22. The third kappa shape index (κ3) is 6.91. The van der Waals surface area contributed by atoms with Gasteiger partial charge in [-0.1, -0.05) is 37.0 Å². The van der Waals surface area contributed by atoms with Crippen LogP contribution >= 0.6 is 23.2 Å². The molecule has 126 valence electrons. The van der Waals surface area contributed by atoms with Crippen LogP contribution in [0, 0.1) is 5.92 Å². The van der Waals surface area contributed by atoms with Crippen molar-refractivity contribution >= 4 is 42.0 Å². The molecule has 3 N–H and O–H groups in total. The van der Waals surface area contributed by atoms with Crippen molar-refractivity contribution in [2.24, 2.45) is 5.92 Å². The topological polar surface area (TPSA) is 86.6 Å². The summed E-state index contributed by atoms with van der Waals surface area (Å²) in [6, 6.07) is 4.20. The van der Waals surface area contributed by atoms with Gasteiger partial charge in [-0.15, -0.1) is 0 Å². The largest absolute Gasteiger partial charge is 0.475 e. The minimum absolute atomic E-state index is 0.0202. The van der Waals surface area contributed by atoms with Gasteiger partial charge in [0.15, 0.2) is 5.78 Å². The van der Waals surface area contributed by atoms with E-state index in [1.54, 1.807) is 0 Å². The third-order valence-corrected chi connectivity index (χ3v) is 3.60. The molecule has 0 aliphatic carbocycles. The van der Waals surface area contributed by atoms with E-state index in [1.807, 2.05) is 13.8 Å². The lowest BCUT2D eigenvalue weighted by molar-refractivity contribution is -0.121. The zero-order valence-electron chi connectivity index (χ0n) is 14.8. The Hall–Kier alpha value is -1.08. The van der Waals surface area contributed by atoms with E-state index < -0.39 is 37.5 Å². The van der Waals surface area contributed by atoms with Crippen LogP contribution in [0.3, 0.4) is 0 Å². The molecule has 1 rings (SSSR count). The summed E-state index contributed by atoms with van der Waals surface area (Å²) in [5.74, 6) is -2.77. The van der Waals surface area contributed by atoms with Gasteiger partial charge in [-0.2, -0.15) is 0 Å². The summed E-state index contributed by atoms with van der Waals surface area (Å²) in [5, 5.41) is 21.3. The van der Waals surface area contributed by atoms with Crippen molar-refractivity contribution in [3.05, 3.63) is 33.8 Å². The lowest BCUT2D eigenvalue weighted by atomic mass is 9.75. The molecule has 0 spiro atoms. The molecule has 0 saturated carbocycles. The number of carbonyl (C=O) groups excluding carboxylic acids is 2. The first-order chi connectivity index (χ1) is 11.4. The van der Waals surface area contributed by atoms with Crippen LogP contribution in [0.1, 0.15) is 46.2 Å². The molecule has 1 aromatic carbocycles.